The molecule has 0 aliphatic carbocycles. The lowest BCUT2D eigenvalue weighted by atomic mass is 10.2. The quantitative estimate of drug-likeness (QED) is 0.120. The van der Waals surface area contributed by atoms with Gasteiger partial charge >= 0.3 is 5.97 Å². The van der Waals surface area contributed by atoms with Crippen molar-refractivity contribution in [3.8, 4) is 0 Å². The minimum absolute atomic E-state index is 0.0956. The van der Waals surface area contributed by atoms with Crippen molar-refractivity contribution in [1.29, 1.82) is 5.41 Å². The summed E-state index contributed by atoms with van der Waals surface area (Å²) in [5.74, 6) is -0.602. The topological polar surface area (TPSA) is 140 Å². The van der Waals surface area contributed by atoms with Gasteiger partial charge in [-0.3, -0.25) is 15.9 Å². The summed E-state index contributed by atoms with van der Waals surface area (Å²) >= 11 is 0. The summed E-state index contributed by atoms with van der Waals surface area (Å²) in [6, 6.07) is -0.676. The summed E-state index contributed by atoms with van der Waals surface area (Å²) in [6.45, 7) is 2.07. The third kappa shape index (κ3) is 7.71. The Morgan fingerprint density at radius 3 is 2.60 bits per heavy atom. The molecule has 0 amide bonds. The van der Waals surface area contributed by atoms with Gasteiger partial charge in [-0.15, -0.1) is 0 Å². The monoisotopic (exact) mass is 217 g/mol. The SMILES string of the molecule is CC(N)OC(=O)[C@@H](N)CCCNC(=N)N. The third-order valence-corrected chi connectivity index (χ3v) is 1.61. The van der Waals surface area contributed by atoms with Crippen molar-refractivity contribution < 1.29 is 9.53 Å². The van der Waals surface area contributed by atoms with Crippen molar-refractivity contribution in [1.82, 2.24) is 5.32 Å². The highest BCUT2D eigenvalue weighted by molar-refractivity contribution is 5.75. The normalized spacial score (nSPS) is 14.1. The number of hydrogen-bond acceptors (Lipinski definition) is 5. The van der Waals surface area contributed by atoms with Crippen molar-refractivity contribution in [3.63, 3.8) is 0 Å². The molecule has 0 bridgehead atoms. The van der Waals surface area contributed by atoms with E-state index in [1.807, 2.05) is 0 Å². The minimum atomic E-state index is -0.676. The molecular weight excluding hydrogens is 198 g/mol. The van der Waals surface area contributed by atoms with E-state index in [1.165, 1.54) is 0 Å². The van der Waals surface area contributed by atoms with E-state index in [1.54, 1.807) is 6.92 Å². The Morgan fingerprint density at radius 1 is 1.53 bits per heavy atom. The second-order valence-corrected chi connectivity index (χ2v) is 3.23. The van der Waals surface area contributed by atoms with Gasteiger partial charge in [-0.05, 0) is 19.8 Å². The van der Waals surface area contributed by atoms with Crippen LogP contribution < -0.4 is 22.5 Å². The number of nitrogens with two attached hydrogens (primary N) is 3. The van der Waals surface area contributed by atoms with Crippen LogP contribution in [0, 0.1) is 5.41 Å². The van der Waals surface area contributed by atoms with E-state index >= 15 is 0 Å². The standard InChI is InChI=1S/C8H19N5O2/c1-5(9)15-7(14)6(10)3-2-4-13-8(11)12/h5-6H,2-4,9-10H2,1H3,(H4,11,12,13)/t5?,6-/m0/s1. The van der Waals surface area contributed by atoms with Crippen molar-refractivity contribution >= 4 is 11.9 Å². The van der Waals surface area contributed by atoms with Crippen molar-refractivity contribution in [2.45, 2.75) is 32.0 Å². The van der Waals surface area contributed by atoms with Crippen LogP contribution in [0.2, 0.25) is 0 Å². The van der Waals surface area contributed by atoms with Crippen LogP contribution in [0.15, 0.2) is 0 Å². The van der Waals surface area contributed by atoms with E-state index in [2.05, 4.69) is 5.32 Å². The molecule has 0 aromatic rings. The number of guanidine groups is 1. The van der Waals surface area contributed by atoms with Crippen LogP contribution in [-0.4, -0.2) is 30.7 Å². The molecule has 1 unspecified atom stereocenters. The van der Waals surface area contributed by atoms with Crippen molar-refractivity contribution in [2.24, 2.45) is 17.2 Å². The molecule has 0 saturated heterocycles. The number of ether oxygens (including phenoxy) is 1. The lowest BCUT2D eigenvalue weighted by Crippen LogP contribution is -2.37. The van der Waals surface area contributed by atoms with Gasteiger partial charge in [0, 0.05) is 6.54 Å². The lowest BCUT2D eigenvalue weighted by molar-refractivity contribution is -0.149. The van der Waals surface area contributed by atoms with Crippen LogP contribution in [0.5, 0.6) is 0 Å². The van der Waals surface area contributed by atoms with Crippen LogP contribution >= 0.6 is 0 Å². The number of rotatable bonds is 6. The summed E-state index contributed by atoms with van der Waals surface area (Å²) in [5, 5.41) is 9.49. The number of esters is 1. The summed E-state index contributed by atoms with van der Waals surface area (Å²) in [4.78, 5) is 11.2. The van der Waals surface area contributed by atoms with Crippen molar-refractivity contribution in [3.05, 3.63) is 0 Å². The van der Waals surface area contributed by atoms with Crippen LogP contribution in [-0.2, 0) is 9.53 Å². The van der Waals surface area contributed by atoms with Gasteiger partial charge in [0.25, 0.3) is 0 Å². The fraction of sp³-hybridized carbons (Fsp3) is 0.750. The smallest absolute Gasteiger partial charge is 0.324 e. The zero-order valence-corrected chi connectivity index (χ0v) is 8.82. The second kappa shape index (κ2) is 7.02. The van der Waals surface area contributed by atoms with Gasteiger partial charge in [-0.25, -0.2) is 0 Å². The van der Waals surface area contributed by atoms with Crippen LogP contribution in [0.3, 0.4) is 0 Å². The predicted molar refractivity (Wildman–Crippen MR) is 56.9 cm³/mol. The van der Waals surface area contributed by atoms with Gasteiger partial charge < -0.3 is 21.5 Å². The third-order valence-electron chi connectivity index (χ3n) is 1.61. The molecular formula is C8H19N5O2. The predicted octanol–water partition coefficient (Wildman–Crippen LogP) is -1.58. The molecule has 0 saturated carbocycles. The van der Waals surface area contributed by atoms with E-state index in [0.29, 0.717) is 19.4 Å². The van der Waals surface area contributed by atoms with Gasteiger partial charge in [0.05, 0.1) is 0 Å². The molecule has 15 heavy (non-hydrogen) atoms. The molecule has 88 valence electrons. The fourth-order valence-electron chi connectivity index (χ4n) is 0.933. The largest absolute Gasteiger partial charge is 0.446 e. The molecule has 0 radical (unpaired) electrons. The molecule has 0 aromatic carbocycles. The Bertz CT molecular complexity index is 219. The Morgan fingerprint density at radius 2 is 2.13 bits per heavy atom. The molecule has 7 nitrogen and oxygen atoms in total. The highest BCUT2D eigenvalue weighted by Crippen LogP contribution is 1.97. The Balaban J connectivity index is 3.60. The van der Waals surface area contributed by atoms with Crippen LogP contribution in [0.25, 0.3) is 0 Å². The maximum Gasteiger partial charge on any atom is 0.324 e. The van der Waals surface area contributed by atoms with Gasteiger partial charge in [0.2, 0.25) is 0 Å². The maximum absolute atomic E-state index is 11.2. The van der Waals surface area contributed by atoms with Crippen molar-refractivity contribution in [2.75, 3.05) is 6.54 Å². The average Bonchev–Trinajstić information content (AvgIpc) is 2.10. The lowest BCUT2D eigenvalue weighted by Gasteiger charge is -2.13. The number of carbonyl (C=O) groups is 1. The first-order valence-electron chi connectivity index (χ1n) is 4.73. The molecule has 0 spiro atoms. The fourth-order valence-corrected chi connectivity index (χ4v) is 0.933. The molecule has 0 fully saturated rings. The van der Waals surface area contributed by atoms with E-state index in [0.717, 1.165) is 0 Å². The number of hydrogen-bond donors (Lipinski definition) is 5. The molecule has 7 heteroatoms. The molecule has 0 aliphatic heterocycles. The number of carbonyl (C=O) groups excluding carboxylic acids is 1. The van der Waals surface area contributed by atoms with Gasteiger partial charge in [-0.2, -0.15) is 0 Å². The van der Waals surface area contributed by atoms with E-state index in [4.69, 9.17) is 27.3 Å². The van der Waals surface area contributed by atoms with Crippen LogP contribution in [0.4, 0.5) is 0 Å². The number of nitrogens with one attached hydrogen (secondary N) is 2. The first-order valence-corrected chi connectivity index (χ1v) is 4.73. The van der Waals surface area contributed by atoms with E-state index in [-0.39, 0.29) is 5.96 Å². The molecule has 2 atom stereocenters. The molecule has 0 rings (SSSR count). The van der Waals surface area contributed by atoms with Gasteiger partial charge in [0.15, 0.2) is 5.96 Å². The summed E-state index contributed by atoms with van der Waals surface area (Å²) in [7, 11) is 0. The summed E-state index contributed by atoms with van der Waals surface area (Å²) in [6.07, 6.45) is 0.458. The molecule has 0 aromatic heterocycles. The van der Waals surface area contributed by atoms with Gasteiger partial charge in [0.1, 0.15) is 12.3 Å². The zero-order chi connectivity index (χ0) is 11.8. The molecule has 8 N–H and O–H groups in total. The first-order chi connectivity index (χ1) is 6.93. The van der Waals surface area contributed by atoms with Crippen LogP contribution in [0.1, 0.15) is 19.8 Å². The van der Waals surface area contributed by atoms with Gasteiger partial charge in [-0.1, -0.05) is 0 Å². The zero-order valence-electron chi connectivity index (χ0n) is 8.82. The minimum Gasteiger partial charge on any atom is -0.446 e. The highest BCUT2D eigenvalue weighted by Gasteiger charge is 2.15. The Hall–Kier alpha value is -1.34. The summed E-state index contributed by atoms with van der Waals surface area (Å²) in [5.41, 5.74) is 15.9. The second-order valence-electron chi connectivity index (χ2n) is 3.23. The molecule has 0 aliphatic rings. The highest BCUT2D eigenvalue weighted by atomic mass is 16.6. The Labute approximate surface area is 88.8 Å². The average molecular weight is 217 g/mol. The maximum atomic E-state index is 11.2. The summed E-state index contributed by atoms with van der Waals surface area (Å²) < 4.78 is 4.72. The van der Waals surface area contributed by atoms with E-state index < -0.39 is 18.2 Å². The molecule has 0 heterocycles. The van der Waals surface area contributed by atoms with E-state index in [9.17, 15) is 4.79 Å². The Kier molecular flexibility index (Phi) is 6.39. The first kappa shape index (κ1) is 13.7.